The van der Waals surface area contributed by atoms with E-state index >= 15 is 0 Å². The maximum absolute atomic E-state index is 13.1. The van der Waals surface area contributed by atoms with Gasteiger partial charge in [0.1, 0.15) is 5.54 Å². The largest absolute Gasteiger partial charge is 0.325 e. The van der Waals surface area contributed by atoms with Crippen LogP contribution in [0.4, 0.5) is 4.79 Å². The molecule has 0 radical (unpaired) electrons. The number of nitrogens with one attached hydrogen (secondary N) is 1. The molecular formula is C22H26N2O2. The minimum absolute atomic E-state index is 0.0409. The van der Waals surface area contributed by atoms with E-state index in [1.165, 1.54) is 10.5 Å². The summed E-state index contributed by atoms with van der Waals surface area (Å²) in [5.74, 6) is -0.214. The van der Waals surface area contributed by atoms with Crippen molar-refractivity contribution >= 4 is 11.9 Å². The molecular weight excluding hydrogens is 324 g/mol. The molecule has 0 aliphatic carbocycles. The van der Waals surface area contributed by atoms with Crippen LogP contribution < -0.4 is 5.32 Å². The van der Waals surface area contributed by atoms with Crippen LogP contribution in [0.1, 0.15) is 49.9 Å². The second-order valence-corrected chi connectivity index (χ2v) is 8.20. The predicted molar refractivity (Wildman–Crippen MR) is 103 cm³/mol. The smallest absolute Gasteiger partial charge is 0.319 e. The molecule has 1 aliphatic rings. The summed E-state index contributed by atoms with van der Waals surface area (Å²) in [6.45, 7) is 10.5. The van der Waals surface area contributed by atoms with Crippen LogP contribution in [0.3, 0.4) is 0 Å². The monoisotopic (exact) mass is 350 g/mol. The molecule has 0 saturated carbocycles. The number of amides is 3. The zero-order valence-electron chi connectivity index (χ0n) is 16.1. The zero-order chi connectivity index (χ0) is 19.1. The number of imide groups is 1. The quantitative estimate of drug-likeness (QED) is 0.841. The number of hydrogen-bond acceptors (Lipinski definition) is 2. The van der Waals surface area contributed by atoms with Crippen molar-refractivity contribution in [3.8, 4) is 0 Å². The van der Waals surface area contributed by atoms with Crippen LogP contribution in [0.25, 0.3) is 0 Å². The van der Waals surface area contributed by atoms with Gasteiger partial charge in [-0.25, -0.2) is 4.79 Å². The highest BCUT2D eigenvalue weighted by Gasteiger charge is 2.48. The maximum atomic E-state index is 13.1. The number of benzene rings is 2. The van der Waals surface area contributed by atoms with E-state index in [0.717, 1.165) is 16.7 Å². The Morgan fingerprint density at radius 2 is 1.62 bits per heavy atom. The number of hydrogen-bond donors (Lipinski definition) is 1. The van der Waals surface area contributed by atoms with Crippen molar-refractivity contribution in [3.63, 3.8) is 0 Å². The molecule has 0 aromatic heterocycles. The standard InChI is InChI=1S/C22H26N2O2/c1-15-8-6-7-9-16(15)14-24-19(25)22(5,23-20(24)26)18-12-10-17(11-13-18)21(2,3)4/h6-13H,14H2,1-5H3,(H,23,26). The lowest BCUT2D eigenvalue weighted by Gasteiger charge is -2.25. The second-order valence-electron chi connectivity index (χ2n) is 8.20. The summed E-state index contributed by atoms with van der Waals surface area (Å²) >= 11 is 0. The summed E-state index contributed by atoms with van der Waals surface area (Å²) in [7, 11) is 0. The van der Waals surface area contributed by atoms with Gasteiger partial charge in [-0.3, -0.25) is 9.69 Å². The summed E-state index contributed by atoms with van der Waals surface area (Å²) in [5, 5.41) is 2.88. The van der Waals surface area contributed by atoms with E-state index in [1.807, 2.05) is 55.5 Å². The summed E-state index contributed by atoms with van der Waals surface area (Å²) in [4.78, 5) is 26.9. The Bertz CT molecular complexity index is 849. The lowest BCUT2D eigenvalue weighted by molar-refractivity contribution is -0.131. The number of carbonyl (C=O) groups is 2. The molecule has 2 aromatic carbocycles. The molecule has 2 aromatic rings. The van der Waals surface area contributed by atoms with Crippen molar-refractivity contribution in [2.75, 3.05) is 0 Å². The molecule has 1 atom stereocenters. The summed E-state index contributed by atoms with van der Waals surface area (Å²) in [5.41, 5.74) is 3.05. The molecule has 1 N–H and O–H groups in total. The van der Waals surface area contributed by atoms with Gasteiger partial charge < -0.3 is 5.32 Å². The highest BCUT2D eigenvalue weighted by atomic mass is 16.2. The summed E-state index contributed by atoms with van der Waals surface area (Å²) < 4.78 is 0. The van der Waals surface area contributed by atoms with Crippen LogP contribution in [-0.2, 0) is 22.3 Å². The van der Waals surface area contributed by atoms with E-state index in [-0.39, 0.29) is 23.9 Å². The van der Waals surface area contributed by atoms with Gasteiger partial charge in [-0.2, -0.15) is 0 Å². The highest BCUT2D eigenvalue weighted by molar-refractivity contribution is 6.07. The van der Waals surface area contributed by atoms with Crippen molar-refractivity contribution in [1.29, 1.82) is 0 Å². The Hall–Kier alpha value is -2.62. The molecule has 0 spiro atoms. The number of carbonyl (C=O) groups excluding carboxylic acids is 2. The van der Waals surface area contributed by atoms with E-state index in [4.69, 9.17) is 0 Å². The Kier molecular flexibility index (Phi) is 4.39. The molecule has 4 nitrogen and oxygen atoms in total. The van der Waals surface area contributed by atoms with Gasteiger partial charge in [-0.05, 0) is 41.5 Å². The van der Waals surface area contributed by atoms with Gasteiger partial charge in [0, 0.05) is 0 Å². The lowest BCUT2D eigenvalue weighted by atomic mass is 9.84. The predicted octanol–water partition coefficient (Wildman–Crippen LogP) is 4.26. The van der Waals surface area contributed by atoms with Gasteiger partial charge >= 0.3 is 6.03 Å². The summed E-state index contributed by atoms with van der Waals surface area (Å²) in [6, 6.07) is 15.4. The van der Waals surface area contributed by atoms with Gasteiger partial charge in [-0.1, -0.05) is 69.3 Å². The molecule has 4 heteroatoms. The van der Waals surface area contributed by atoms with Gasteiger partial charge in [0.2, 0.25) is 0 Å². The van der Waals surface area contributed by atoms with Crippen LogP contribution in [0.2, 0.25) is 0 Å². The number of urea groups is 1. The molecule has 1 heterocycles. The van der Waals surface area contributed by atoms with E-state index in [0.29, 0.717) is 0 Å². The normalized spacial score (nSPS) is 20.4. The summed E-state index contributed by atoms with van der Waals surface area (Å²) in [6.07, 6.45) is 0. The molecule has 26 heavy (non-hydrogen) atoms. The van der Waals surface area contributed by atoms with Gasteiger partial charge in [0.25, 0.3) is 5.91 Å². The SMILES string of the molecule is Cc1ccccc1CN1C(=O)NC(C)(c2ccc(C(C)(C)C)cc2)C1=O. The number of nitrogens with zero attached hydrogens (tertiary/aromatic N) is 1. The first-order chi connectivity index (χ1) is 12.1. The van der Waals surface area contributed by atoms with Crippen LogP contribution in [0.5, 0.6) is 0 Å². The zero-order valence-corrected chi connectivity index (χ0v) is 16.1. The molecule has 1 aliphatic heterocycles. The maximum Gasteiger partial charge on any atom is 0.325 e. The van der Waals surface area contributed by atoms with Gasteiger partial charge in [-0.15, -0.1) is 0 Å². The minimum atomic E-state index is -1.03. The van der Waals surface area contributed by atoms with Crippen LogP contribution >= 0.6 is 0 Å². The molecule has 136 valence electrons. The topological polar surface area (TPSA) is 49.4 Å². The van der Waals surface area contributed by atoms with Crippen molar-refractivity contribution in [2.24, 2.45) is 0 Å². The van der Waals surface area contributed by atoms with Gasteiger partial charge in [0.05, 0.1) is 6.54 Å². The average molecular weight is 350 g/mol. The number of aryl methyl sites for hydroxylation is 1. The first kappa shape index (κ1) is 18.2. The van der Waals surface area contributed by atoms with E-state index < -0.39 is 5.54 Å². The molecule has 3 rings (SSSR count). The van der Waals surface area contributed by atoms with E-state index in [9.17, 15) is 9.59 Å². The highest BCUT2D eigenvalue weighted by Crippen LogP contribution is 2.32. The lowest BCUT2D eigenvalue weighted by Crippen LogP contribution is -2.40. The Labute approximate surface area is 155 Å². The van der Waals surface area contributed by atoms with Crippen molar-refractivity contribution in [3.05, 3.63) is 70.8 Å². The van der Waals surface area contributed by atoms with Crippen molar-refractivity contribution in [2.45, 2.75) is 52.1 Å². The molecule has 1 saturated heterocycles. The Morgan fingerprint density at radius 1 is 1.00 bits per heavy atom. The fraction of sp³-hybridized carbons (Fsp3) is 0.364. The van der Waals surface area contributed by atoms with Gasteiger partial charge in [0.15, 0.2) is 0 Å². The second kappa shape index (κ2) is 6.27. The minimum Gasteiger partial charge on any atom is -0.319 e. The first-order valence-electron chi connectivity index (χ1n) is 8.92. The van der Waals surface area contributed by atoms with Crippen LogP contribution in [0.15, 0.2) is 48.5 Å². The van der Waals surface area contributed by atoms with Crippen LogP contribution in [-0.4, -0.2) is 16.8 Å². The third kappa shape index (κ3) is 3.12. The van der Waals surface area contributed by atoms with Crippen molar-refractivity contribution in [1.82, 2.24) is 10.2 Å². The number of rotatable bonds is 3. The fourth-order valence-electron chi connectivity index (χ4n) is 3.30. The van der Waals surface area contributed by atoms with E-state index in [2.05, 4.69) is 26.1 Å². The molecule has 0 bridgehead atoms. The molecule has 1 unspecified atom stereocenters. The van der Waals surface area contributed by atoms with E-state index in [1.54, 1.807) is 6.92 Å². The molecule has 3 amide bonds. The fourth-order valence-corrected chi connectivity index (χ4v) is 3.30. The van der Waals surface area contributed by atoms with Crippen molar-refractivity contribution < 1.29 is 9.59 Å². The average Bonchev–Trinajstić information content (AvgIpc) is 2.80. The molecule has 1 fully saturated rings. The Balaban J connectivity index is 1.88. The third-order valence-electron chi connectivity index (χ3n) is 5.19. The van der Waals surface area contributed by atoms with Crippen LogP contribution in [0, 0.1) is 6.92 Å². The first-order valence-corrected chi connectivity index (χ1v) is 8.92. The Morgan fingerprint density at radius 3 is 2.19 bits per heavy atom. The third-order valence-corrected chi connectivity index (χ3v) is 5.19.